The van der Waals surface area contributed by atoms with E-state index in [1.807, 2.05) is 37.6 Å². The van der Waals surface area contributed by atoms with E-state index in [0.29, 0.717) is 31.5 Å². The minimum absolute atomic E-state index is 0.0689. The molecule has 0 radical (unpaired) electrons. The Morgan fingerprint density at radius 1 is 1.27 bits per heavy atom. The molecule has 3 rings (SSSR count). The van der Waals surface area contributed by atoms with Crippen molar-refractivity contribution in [3.63, 3.8) is 0 Å². The Balaban J connectivity index is 1.70. The van der Waals surface area contributed by atoms with Crippen molar-refractivity contribution in [2.45, 2.75) is 38.8 Å². The van der Waals surface area contributed by atoms with Crippen LogP contribution in [0.5, 0.6) is 0 Å². The third-order valence-electron chi connectivity index (χ3n) is 4.98. The van der Waals surface area contributed by atoms with Crippen molar-refractivity contribution in [2.75, 3.05) is 13.1 Å². The highest BCUT2D eigenvalue weighted by Gasteiger charge is 2.29. The molecule has 140 valence electrons. The molecule has 0 unspecified atom stereocenters. The molecule has 0 saturated carbocycles. The average Bonchev–Trinajstić information content (AvgIpc) is 2.89. The lowest BCUT2D eigenvalue weighted by atomic mass is 10.1. The molecule has 0 spiro atoms. The fourth-order valence-corrected chi connectivity index (χ4v) is 3.26. The SMILES string of the molecule is CC(C)C(=O)N[C@H]1CCN(C(=O)c2ccc3c(c2)ncn3C)CC[C@@H]1O. The summed E-state index contributed by atoms with van der Waals surface area (Å²) in [6.07, 6.45) is 2.06. The van der Waals surface area contributed by atoms with E-state index in [-0.39, 0.29) is 23.8 Å². The van der Waals surface area contributed by atoms with Crippen molar-refractivity contribution in [1.82, 2.24) is 19.8 Å². The minimum Gasteiger partial charge on any atom is -0.391 e. The molecule has 26 heavy (non-hydrogen) atoms. The number of nitrogens with zero attached hydrogens (tertiary/aromatic N) is 3. The first kappa shape index (κ1) is 18.4. The van der Waals surface area contributed by atoms with Crippen LogP contribution in [0, 0.1) is 5.92 Å². The highest BCUT2D eigenvalue weighted by Crippen LogP contribution is 2.18. The van der Waals surface area contributed by atoms with Crippen molar-refractivity contribution in [3.8, 4) is 0 Å². The molecule has 1 aromatic carbocycles. The number of amides is 2. The summed E-state index contributed by atoms with van der Waals surface area (Å²) in [5.41, 5.74) is 2.36. The third-order valence-corrected chi connectivity index (χ3v) is 4.98. The van der Waals surface area contributed by atoms with Crippen molar-refractivity contribution in [2.24, 2.45) is 13.0 Å². The minimum atomic E-state index is -0.645. The van der Waals surface area contributed by atoms with Crippen molar-refractivity contribution in [3.05, 3.63) is 30.1 Å². The van der Waals surface area contributed by atoms with Crippen LogP contribution in [0.25, 0.3) is 11.0 Å². The molecule has 2 amide bonds. The predicted molar refractivity (Wildman–Crippen MR) is 98.6 cm³/mol. The van der Waals surface area contributed by atoms with E-state index in [4.69, 9.17) is 0 Å². The number of rotatable bonds is 3. The summed E-state index contributed by atoms with van der Waals surface area (Å²) < 4.78 is 1.91. The van der Waals surface area contributed by atoms with Gasteiger partial charge >= 0.3 is 0 Å². The maximum atomic E-state index is 12.9. The van der Waals surface area contributed by atoms with Crippen molar-refractivity contribution in [1.29, 1.82) is 0 Å². The first-order valence-corrected chi connectivity index (χ1v) is 9.05. The molecule has 1 aromatic heterocycles. The number of aryl methyl sites for hydroxylation is 1. The number of fused-ring (bicyclic) bond motifs is 1. The zero-order valence-electron chi connectivity index (χ0n) is 15.5. The lowest BCUT2D eigenvalue weighted by molar-refractivity contribution is -0.125. The molecule has 7 nitrogen and oxygen atoms in total. The summed E-state index contributed by atoms with van der Waals surface area (Å²) in [5, 5.41) is 13.2. The van der Waals surface area contributed by atoms with Gasteiger partial charge in [0.15, 0.2) is 0 Å². The van der Waals surface area contributed by atoms with Crippen LogP contribution in [0.3, 0.4) is 0 Å². The van der Waals surface area contributed by atoms with Gasteiger partial charge in [0.2, 0.25) is 5.91 Å². The standard InChI is InChI=1S/C19H26N4O3/c1-12(2)18(25)21-14-6-8-23(9-7-17(14)24)19(26)13-4-5-16-15(10-13)20-11-22(16)3/h4-5,10-12,14,17,24H,6-9H2,1-3H3,(H,21,25)/t14-,17-/m0/s1. The van der Waals surface area contributed by atoms with Gasteiger partial charge in [-0.25, -0.2) is 4.98 Å². The van der Waals surface area contributed by atoms with Crippen LogP contribution < -0.4 is 5.32 Å². The van der Waals surface area contributed by atoms with E-state index < -0.39 is 6.10 Å². The molecular formula is C19H26N4O3. The van der Waals surface area contributed by atoms with E-state index in [1.54, 1.807) is 17.3 Å². The van der Waals surface area contributed by atoms with Crippen LogP contribution in [-0.4, -0.2) is 56.6 Å². The maximum Gasteiger partial charge on any atom is 0.253 e. The maximum absolute atomic E-state index is 12.9. The Morgan fingerprint density at radius 3 is 2.73 bits per heavy atom. The average molecular weight is 358 g/mol. The summed E-state index contributed by atoms with van der Waals surface area (Å²) in [7, 11) is 1.92. The molecule has 7 heteroatoms. The van der Waals surface area contributed by atoms with Gasteiger partial charge in [0.1, 0.15) is 0 Å². The number of carbonyl (C=O) groups excluding carboxylic acids is 2. The normalized spacial score (nSPS) is 21.0. The van der Waals surface area contributed by atoms with E-state index in [2.05, 4.69) is 10.3 Å². The van der Waals surface area contributed by atoms with Gasteiger partial charge in [-0.3, -0.25) is 9.59 Å². The highest BCUT2D eigenvalue weighted by molar-refractivity contribution is 5.97. The van der Waals surface area contributed by atoms with Crippen LogP contribution in [0.15, 0.2) is 24.5 Å². The second-order valence-corrected chi connectivity index (χ2v) is 7.27. The Kier molecular flexibility index (Phi) is 5.27. The molecule has 2 N–H and O–H groups in total. The topological polar surface area (TPSA) is 87.5 Å². The van der Waals surface area contributed by atoms with E-state index in [1.165, 1.54) is 0 Å². The number of carbonyl (C=O) groups is 2. The smallest absolute Gasteiger partial charge is 0.253 e. The van der Waals surface area contributed by atoms with Crippen molar-refractivity contribution >= 4 is 22.8 Å². The van der Waals surface area contributed by atoms with Crippen molar-refractivity contribution < 1.29 is 14.7 Å². The van der Waals surface area contributed by atoms with Gasteiger partial charge in [-0.1, -0.05) is 13.8 Å². The lowest BCUT2D eigenvalue weighted by Gasteiger charge is -2.22. The predicted octanol–water partition coefficient (Wildman–Crippen LogP) is 1.31. The Labute approximate surface area is 153 Å². The van der Waals surface area contributed by atoms with Gasteiger partial charge in [-0.15, -0.1) is 0 Å². The van der Waals surface area contributed by atoms with Crippen LogP contribution in [0.2, 0.25) is 0 Å². The summed E-state index contributed by atoms with van der Waals surface area (Å²) in [5.74, 6) is -0.275. The Hall–Kier alpha value is -2.41. The Bertz CT molecular complexity index is 814. The fourth-order valence-electron chi connectivity index (χ4n) is 3.26. The van der Waals surface area contributed by atoms with E-state index >= 15 is 0 Å². The molecule has 1 fully saturated rings. The molecule has 2 atom stereocenters. The number of aliphatic hydroxyl groups is 1. The van der Waals surface area contributed by atoms with Gasteiger partial charge in [0.25, 0.3) is 5.91 Å². The number of likely N-dealkylation sites (tertiary alicyclic amines) is 1. The summed E-state index contributed by atoms with van der Waals surface area (Å²) >= 11 is 0. The van der Waals surface area contributed by atoms with Gasteiger partial charge < -0.3 is 19.9 Å². The molecule has 1 aliphatic rings. The molecular weight excluding hydrogens is 332 g/mol. The van der Waals surface area contributed by atoms with Crippen LogP contribution in [0.1, 0.15) is 37.0 Å². The van der Waals surface area contributed by atoms with Crippen LogP contribution in [0.4, 0.5) is 0 Å². The number of benzene rings is 1. The summed E-state index contributed by atoms with van der Waals surface area (Å²) in [6.45, 7) is 4.61. The second kappa shape index (κ2) is 7.45. The number of hydrogen-bond donors (Lipinski definition) is 2. The summed E-state index contributed by atoms with van der Waals surface area (Å²) in [6, 6.07) is 5.19. The quantitative estimate of drug-likeness (QED) is 0.866. The zero-order chi connectivity index (χ0) is 18.8. The number of nitrogens with one attached hydrogen (secondary N) is 1. The molecule has 1 aliphatic heterocycles. The highest BCUT2D eigenvalue weighted by atomic mass is 16.3. The molecule has 2 aromatic rings. The van der Waals surface area contributed by atoms with Gasteiger partial charge in [0.05, 0.1) is 29.5 Å². The third kappa shape index (κ3) is 3.72. The van der Waals surface area contributed by atoms with E-state index in [0.717, 1.165) is 11.0 Å². The number of imidazole rings is 1. The largest absolute Gasteiger partial charge is 0.391 e. The van der Waals surface area contributed by atoms with Crippen LogP contribution >= 0.6 is 0 Å². The molecule has 0 bridgehead atoms. The van der Waals surface area contributed by atoms with Gasteiger partial charge in [0, 0.05) is 31.6 Å². The second-order valence-electron chi connectivity index (χ2n) is 7.27. The first-order chi connectivity index (χ1) is 12.4. The van der Waals surface area contributed by atoms with Gasteiger partial charge in [-0.05, 0) is 31.0 Å². The fraction of sp³-hybridized carbons (Fsp3) is 0.526. The number of aromatic nitrogens is 2. The molecule has 0 aliphatic carbocycles. The van der Waals surface area contributed by atoms with Gasteiger partial charge in [-0.2, -0.15) is 0 Å². The zero-order valence-corrected chi connectivity index (χ0v) is 15.5. The monoisotopic (exact) mass is 358 g/mol. The summed E-state index contributed by atoms with van der Waals surface area (Å²) in [4.78, 5) is 30.8. The lowest BCUT2D eigenvalue weighted by Crippen LogP contribution is -2.44. The Morgan fingerprint density at radius 2 is 2.00 bits per heavy atom. The number of hydrogen-bond acceptors (Lipinski definition) is 4. The number of aliphatic hydroxyl groups excluding tert-OH is 1. The first-order valence-electron chi connectivity index (χ1n) is 9.05. The van der Waals surface area contributed by atoms with E-state index in [9.17, 15) is 14.7 Å². The molecule has 2 heterocycles. The van der Waals surface area contributed by atoms with Crippen LogP contribution in [-0.2, 0) is 11.8 Å². The molecule has 1 saturated heterocycles.